The van der Waals surface area contributed by atoms with Crippen LogP contribution in [0.1, 0.15) is 37.5 Å². The zero-order chi connectivity index (χ0) is 23.0. The smallest absolute Gasteiger partial charge is 0.310 e. The van der Waals surface area contributed by atoms with Crippen LogP contribution in [-0.4, -0.2) is 43.4 Å². The monoisotopic (exact) mass is 444 g/mol. The van der Waals surface area contributed by atoms with Crippen LogP contribution < -0.4 is 5.73 Å². The van der Waals surface area contributed by atoms with E-state index in [0.29, 0.717) is 11.5 Å². The van der Waals surface area contributed by atoms with E-state index in [-0.39, 0.29) is 24.2 Å². The van der Waals surface area contributed by atoms with Gasteiger partial charge in [0.25, 0.3) is 0 Å². The van der Waals surface area contributed by atoms with Gasteiger partial charge in [-0.05, 0) is 43.0 Å². The molecule has 0 saturated carbocycles. The Kier molecular flexibility index (Phi) is 8.82. The molecule has 1 unspecified atom stereocenters. The van der Waals surface area contributed by atoms with Crippen LogP contribution in [0.4, 0.5) is 5.82 Å². The number of ether oxygens (including phenoxy) is 1. The van der Waals surface area contributed by atoms with Crippen LogP contribution in [0.15, 0.2) is 42.6 Å². The zero-order valence-electron chi connectivity index (χ0n) is 17.1. The number of benzene rings is 1. The number of rotatable bonds is 4. The third-order valence-corrected chi connectivity index (χ3v) is 5.01. The summed E-state index contributed by atoms with van der Waals surface area (Å²) in [6.45, 7) is 1.71. The lowest BCUT2D eigenvalue weighted by atomic mass is 10.0. The average Bonchev–Trinajstić information content (AvgIpc) is 3.42. The first-order valence-electron chi connectivity index (χ1n) is 9.57. The normalized spacial score (nSPS) is 18.4. The van der Waals surface area contributed by atoms with Crippen molar-refractivity contribution in [2.45, 2.75) is 38.0 Å². The van der Waals surface area contributed by atoms with Crippen LogP contribution in [-0.2, 0) is 9.53 Å². The molecule has 2 aromatic heterocycles. The van der Waals surface area contributed by atoms with Crippen LogP contribution in [0, 0.1) is 12.8 Å². The Morgan fingerprint density at radius 1 is 1.29 bits per heavy atom. The van der Waals surface area contributed by atoms with Crippen LogP contribution >= 0.6 is 11.6 Å². The maximum Gasteiger partial charge on any atom is 0.310 e. The van der Waals surface area contributed by atoms with Crippen molar-refractivity contribution in [2.75, 3.05) is 12.3 Å². The molecule has 3 heterocycles. The van der Waals surface area contributed by atoms with Crippen molar-refractivity contribution in [1.29, 1.82) is 0 Å². The van der Waals surface area contributed by atoms with Gasteiger partial charge in [-0.3, -0.25) is 4.79 Å². The van der Waals surface area contributed by atoms with E-state index in [4.69, 9.17) is 32.3 Å². The highest BCUT2D eigenvalue weighted by atomic mass is 35.5. The summed E-state index contributed by atoms with van der Waals surface area (Å²) in [7, 11) is 0. The number of terminal acetylenes is 1. The molecule has 1 aromatic carbocycles. The van der Waals surface area contributed by atoms with E-state index in [1.807, 2.05) is 47.2 Å². The molecule has 0 aliphatic carbocycles. The number of halogens is 1. The second kappa shape index (κ2) is 11.3. The number of aliphatic hydroxyl groups is 1. The first kappa shape index (κ1) is 24.2. The second-order valence-corrected chi connectivity index (χ2v) is 7.12. The lowest BCUT2D eigenvalue weighted by Crippen LogP contribution is -2.14. The van der Waals surface area contributed by atoms with Crippen LogP contribution in [0.2, 0.25) is 5.28 Å². The van der Waals surface area contributed by atoms with E-state index in [9.17, 15) is 4.79 Å². The minimum Gasteiger partial charge on any atom is -0.481 e. The summed E-state index contributed by atoms with van der Waals surface area (Å²) < 4.78 is 7.60. The van der Waals surface area contributed by atoms with Gasteiger partial charge in [0.1, 0.15) is 17.7 Å². The van der Waals surface area contributed by atoms with Crippen LogP contribution in [0.3, 0.4) is 0 Å². The molecule has 0 radical (unpaired) electrons. The van der Waals surface area contributed by atoms with Gasteiger partial charge in [-0.2, -0.15) is 4.98 Å². The van der Waals surface area contributed by atoms with Gasteiger partial charge in [0, 0.05) is 6.20 Å². The highest BCUT2D eigenvalue weighted by molar-refractivity contribution is 6.28. The number of nitrogens with zero attached hydrogens (tertiary/aromatic N) is 3. The number of aliphatic carboxylic acids is 1. The highest BCUT2D eigenvalue weighted by Crippen LogP contribution is 2.32. The molecule has 8 nitrogen and oxygen atoms in total. The van der Waals surface area contributed by atoms with E-state index in [1.54, 1.807) is 6.92 Å². The summed E-state index contributed by atoms with van der Waals surface area (Å²) in [5.74, 6) is -0.826. The molecule has 4 rings (SSSR count). The molecule has 1 saturated heterocycles. The molecule has 1 fully saturated rings. The summed E-state index contributed by atoms with van der Waals surface area (Å²) in [5.41, 5.74) is 7.30. The molecule has 9 heteroatoms. The first-order chi connectivity index (χ1) is 14.9. The topological polar surface area (TPSA) is 123 Å². The summed E-state index contributed by atoms with van der Waals surface area (Å²) in [4.78, 5) is 18.6. The molecule has 164 valence electrons. The van der Waals surface area contributed by atoms with E-state index >= 15 is 0 Å². The molecule has 0 spiro atoms. The van der Waals surface area contributed by atoms with Gasteiger partial charge in [0.2, 0.25) is 5.28 Å². The number of carboxylic acid groups (broad SMARTS) is 1. The fourth-order valence-electron chi connectivity index (χ4n) is 3.17. The minimum atomic E-state index is -0.781. The Bertz CT molecular complexity index is 1020. The molecule has 0 bridgehead atoms. The number of aliphatic hydroxyl groups excluding tert-OH is 1. The molecule has 1 aliphatic rings. The lowest BCUT2D eigenvalue weighted by Gasteiger charge is -2.14. The van der Waals surface area contributed by atoms with E-state index in [1.165, 1.54) is 0 Å². The summed E-state index contributed by atoms with van der Waals surface area (Å²) in [5, 5.41) is 18.6. The number of anilines is 1. The summed E-state index contributed by atoms with van der Waals surface area (Å²) >= 11 is 5.82. The summed E-state index contributed by atoms with van der Waals surface area (Å²) in [6, 6.07) is 11.0. The lowest BCUT2D eigenvalue weighted by molar-refractivity contribution is -0.138. The Morgan fingerprint density at radius 2 is 1.97 bits per heavy atom. The number of carboxylic acids is 1. The Balaban J connectivity index is 0.000000226. The Morgan fingerprint density at radius 3 is 2.55 bits per heavy atom. The van der Waals surface area contributed by atoms with Crippen LogP contribution in [0.25, 0.3) is 11.0 Å². The Labute approximate surface area is 185 Å². The SMILES string of the molecule is C#C.C[C@@H](C(=O)O)c1ccccc1.Nc1nc(Cl)nc2c1ccn2C1CC[C@@H](CO)O1. The molecule has 0 amide bonds. The van der Waals surface area contributed by atoms with E-state index in [0.717, 1.165) is 23.8 Å². The van der Waals surface area contributed by atoms with Gasteiger partial charge in [-0.25, -0.2) is 4.98 Å². The maximum atomic E-state index is 10.5. The molecule has 3 aromatic rings. The van der Waals surface area contributed by atoms with Crippen molar-refractivity contribution >= 4 is 34.4 Å². The van der Waals surface area contributed by atoms with Crippen molar-refractivity contribution in [2.24, 2.45) is 0 Å². The van der Waals surface area contributed by atoms with Gasteiger partial charge in [-0.1, -0.05) is 30.3 Å². The first-order valence-corrected chi connectivity index (χ1v) is 9.95. The molecular weight excluding hydrogens is 420 g/mol. The molecule has 1 aliphatic heterocycles. The molecule has 3 atom stereocenters. The van der Waals surface area contributed by atoms with Gasteiger partial charge >= 0.3 is 5.97 Å². The predicted octanol–water partition coefficient (Wildman–Crippen LogP) is 3.46. The average molecular weight is 445 g/mol. The van der Waals surface area contributed by atoms with Gasteiger partial charge in [0.15, 0.2) is 0 Å². The maximum absolute atomic E-state index is 10.5. The van der Waals surface area contributed by atoms with Crippen molar-refractivity contribution in [3.05, 3.63) is 53.4 Å². The van der Waals surface area contributed by atoms with Crippen molar-refractivity contribution < 1.29 is 19.7 Å². The van der Waals surface area contributed by atoms with Gasteiger partial charge in [0.05, 0.1) is 24.0 Å². The van der Waals surface area contributed by atoms with Gasteiger partial charge in [-0.15, -0.1) is 12.8 Å². The van der Waals surface area contributed by atoms with E-state index < -0.39 is 11.9 Å². The molecular formula is C22H25ClN4O4. The van der Waals surface area contributed by atoms with Crippen molar-refractivity contribution in [3.63, 3.8) is 0 Å². The number of hydrogen-bond donors (Lipinski definition) is 3. The third kappa shape index (κ3) is 5.95. The van der Waals surface area contributed by atoms with E-state index in [2.05, 4.69) is 22.8 Å². The van der Waals surface area contributed by atoms with Crippen molar-refractivity contribution in [3.8, 4) is 12.8 Å². The molecule has 31 heavy (non-hydrogen) atoms. The fraction of sp³-hybridized carbons (Fsp3) is 0.318. The van der Waals surface area contributed by atoms with Gasteiger partial charge < -0.3 is 25.3 Å². The van der Waals surface area contributed by atoms with Crippen LogP contribution in [0.5, 0.6) is 0 Å². The third-order valence-electron chi connectivity index (χ3n) is 4.84. The zero-order valence-corrected chi connectivity index (χ0v) is 17.8. The number of hydrogen-bond acceptors (Lipinski definition) is 6. The van der Waals surface area contributed by atoms with Crippen molar-refractivity contribution in [1.82, 2.24) is 14.5 Å². The number of aromatic nitrogens is 3. The quantitative estimate of drug-likeness (QED) is 0.415. The number of carbonyl (C=O) groups is 1. The largest absolute Gasteiger partial charge is 0.481 e. The second-order valence-electron chi connectivity index (χ2n) is 6.78. The highest BCUT2D eigenvalue weighted by Gasteiger charge is 2.27. The fourth-order valence-corrected chi connectivity index (χ4v) is 3.34. The number of nitrogens with two attached hydrogens (primary N) is 1. The minimum absolute atomic E-state index is 0.0353. The summed E-state index contributed by atoms with van der Waals surface area (Å²) in [6.07, 6.45) is 11.3. The molecule has 4 N–H and O–H groups in total. The number of nitrogen functional groups attached to an aromatic ring is 1. The standard InChI is InChI=1S/C11H13ClN4O2.C9H10O2.C2H2/c12-11-14-9(13)7-3-4-16(10(7)15-11)8-2-1-6(5-17)18-8;1-7(9(10)11)8-5-3-2-4-6-8;1-2/h3-4,6,8,17H,1-2,5H2,(H2,13,14,15);2-7H,1H3,(H,10,11);1-2H/t6-,8?;7-;/m01./s1. The number of fused-ring (bicyclic) bond motifs is 1. The predicted molar refractivity (Wildman–Crippen MR) is 120 cm³/mol. The Hall–Kier alpha value is -3.12.